The second-order valence-electron chi connectivity index (χ2n) is 2.50. The van der Waals surface area contributed by atoms with E-state index in [0.29, 0.717) is 17.6 Å². The highest BCUT2D eigenvalue weighted by Gasteiger charge is 2.06. The number of methoxy groups -OCH3 is 1. The van der Waals surface area contributed by atoms with Gasteiger partial charge in [-0.05, 0) is 24.6 Å². The highest BCUT2D eigenvalue weighted by atomic mass is 16.5. The topological polar surface area (TPSA) is 46.5 Å². The van der Waals surface area contributed by atoms with Crippen LogP contribution in [0.25, 0.3) is 0 Å². The highest BCUT2D eigenvalue weighted by molar-refractivity contribution is 5.81. The Morgan fingerprint density at radius 1 is 1.50 bits per heavy atom. The van der Waals surface area contributed by atoms with Crippen LogP contribution in [-0.4, -0.2) is 18.5 Å². The van der Waals surface area contributed by atoms with E-state index in [9.17, 15) is 4.79 Å². The third-order valence-electron chi connectivity index (χ3n) is 1.62. The van der Waals surface area contributed by atoms with Gasteiger partial charge in [-0.2, -0.15) is 0 Å². The molecule has 0 amide bonds. The predicted molar refractivity (Wildman–Crippen MR) is 44.8 cm³/mol. The summed E-state index contributed by atoms with van der Waals surface area (Å²) in [6.07, 6.45) is 0.658. The average molecular weight is 166 g/mol. The number of rotatable bonds is 2. The van der Waals surface area contributed by atoms with E-state index in [-0.39, 0.29) is 5.75 Å². The van der Waals surface area contributed by atoms with E-state index >= 15 is 0 Å². The van der Waals surface area contributed by atoms with Gasteiger partial charge in [0.15, 0.2) is 6.29 Å². The number of aryl methyl sites for hydroxylation is 1. The summed E-state index contributed by atoms with van der Waals surface area (Å²) in [7, 11) is 1.49. The van der Waals surface area contributed by atoms with Crippen molar-refractivity contribution >= 4 is 6.29 Å². The Morgan fingerprint density at radius 3 is 2.67 bits per heavy atom. The fourth-order valence-electron chi connectivity index (χ4n) is 1.15. The molecule has 1 N–H and O–H groups in total. The molecular formula is C9H10O3. The van der Waals surface area contributed by atoms with Gasteiger partial charge < -0.3 is 9.84 Å². The number of aldehydes is 1. The molecule has 1 rings (SSSR count). The van der Waals surface area contributed by atoms with Gasteiger partial charge >= 0.3 is 0 Å². The number of carbonyl (C=O) groups excluding carboxylic acids is 1. The van der Waals surface area contributed by atoms with Gasteiger partial charge in [0.05, 0.1) is 12.7 Å². The summed E-state index contributed by atoms with van der Waals surface area (Å²) in [4.78, 5) is 10.5. The van der Waals surface area contributed by atoms with E-state index in [4.69, 9.17) is 9.84 Å². The van der Waals surface area contributed by atoms with Gasteiger partial charge in [-0.3, -0.25) is 4.79 Å². The Morgan fingerprint density at radius 2 is 2.17 bits per heavy atom. The third kappa shape index (κ3) is 1.39. The summed E-state index contributed by atoms with van der Waals surface area (Å²) in [6, 6.07) is 2.92. The molecule has 0 aliphatic carbocycles. The number of phenols is 1. The van der Waals surface area contributed by atoms with Crippen LogP contribution in [0, 0.1) is 6.92 Å². The molecule has 0 aliphatic heterocycles. The quantitative estimate of drug-likeness (QED) is 0.677. The second-order valence-corrected chi connectivity index (χ2v) is 2.50. The number of benzene rings is 1. The predicted octanol–water partition coefficient (Wildman–Crippen LogP) is 1.52. The van der Waals surface area contributed by atoms with Crippen molar-refractivity contribution in [3.63, 3.8) is 0 Å². The molecule has 3 heteroatoms. The van der Waals surface area contributed by atoms with Gasteiger partial charge in [-0.25, -0.2) is 0 Å². The van der Waals surface area contributed by atoms with Crippen LogP contribution >= 0.6 is 0 Å². The molecule has 1 aromatic carbocycles. The lowest BCUT2D eigenvalue weighted by Crippen LogP contribution is -1.92. The summed E-state index contributed by atoms with van der Waals surface area (Å²) in [5.74, 6) is 0.596. The Balaban J connectivity index is 3.33. The first-order valence-corrected chi connectivity index (χ1v) is 3.52. The summed E-state index contributed by atoms with van der Waals surface area (Å²) in [6.45, 7) is 1.77. The Hall–Kier alpha value is -1.51. The van der Waals surface area contributed by atoms with Crippen molar-refractivity contribution in [2.45, 2.75) is 6.92 Å². The molecule has 0 saturated heterocycles. The summed E-state index contributed by atoms with van der Waals surface area (Å²) < 4.78 is 4.98. The number of hydrogen-bond acceptors (Lipinski definition) is 3. The van der Waals surface area contributed by atoms with Crippen molar-refractivity contribution in [1.82, 2.24) is 0 Å². The van der Waals surface area contributed by atoms with Crippen LogP contribution in [0.1, 0.15) is 15.9 Å². The molecule has 0 spiro atoms. The molecule has 64 valence electrons. The maximum absolute atomic E-state index is 10.5. The zero-order valence-corrected chi connectivity index (χ0v) is 7.00. The Bertz CT molecular complexity index is 305. The minimum Gasteiger partial charge on any atom is -0.508 e. The first-order valence-electron chi connectivity index (χ1n) is 3.52. The van der Waals surface area contributed by atoms with Gasteiger partial charge in [0.2, 0.25) is 0 Å². The van der Waals surface area contributed by atoms with Crippen molar-refractivity contribution in [2.75, 3.05) is 7.11 Å². The number of phenolic OH excluding ortho intramolecular Hbond substituents is 1. The smallest absolute Gasteiger partial charge is 0.153 e. The van der Waals surface area contributed by atoms with Crippen LogP contribution in [-0.2, 0) is 0 Å². The molecule has 1 aromatic rings. The summed E-state index contributed by atoms with van der Waals surface area (Å²) in [5, 5.41) is 9.13. The van der Waals surface area contributed by atoms with Crippen molar-refractivity contribution in [3.8, 4) is 11.5 Å². The lowest BCUT2D eigenvalue weighted by atomic mass is 10.1. The second kappa shape index (κ2) is 3.26. The van der Waals surface area contributed by atoms with Gasteiger partial charge in [0, 0.05) is 0 Å². The van der Waals surface area contributed by atoms with E-state index in [1.807, 2.05) is 0 Å². The number of hydrogen-bond donors (Lipinski definition) is 1. The largest absolute Gasteiger partial charge is 0.508 e. The fourth-order valence-corrected chi connectivity index (χ4v) is 1.15. The third-order valence-corrected chi connectivity index (χ3v) is 1.62. The molecule has 0 saturated carbocycles. The van der Waals surface area contributed by atoms with Gasteiger partial charge in [-0.1, -0.05) is 0 Å². The van der Waals surface area contributed by atoms with Crippen LogP contribution < -0.4 is 4.74 Å². The molecule has 0 radical (unpaired) electrons. The Kier molecular flexibility index (Phi) is 2.33. The zero-order chi connectivity index (χ0) is 9.14. The molecule has 0 fully saturated rings. The molecule has 0 atom stereocenters. The van der Waals surface area contributed by atoms with Gasteiger partial charge in [-0.15, -0.1) is 0 Å². The van der Waals surface area contributed by atoms with E-state index in [2.05, 4.69) is 0 Å². The van der Waals surface area contributed by atoms with Crippen molar-refractivity contribution in [2.24, 2.45) is 0 Å². The minimum atomic E-state index is 0.0791. The summed E-state index contributed by atoms with van der Waals surface area (Å²) in [5.41, 5.74) is 1.12. The normalized spacial score (nSPS) is 9.50. The van der Waals surface area contributed by atoms with Crippen molar-refractivity contribution in [3.05, 3.63) is 23.3 Å². The number of carbonyl (C=O) groups is 1. The van der Waals surface area contributed by atoms with E-state index in [1.54, 1.807) is 13.0 Å². The maximum Gasteiger partial charge on any atom is 0.153 e. The fraction of sp³-hybridized carbons (Fsp3) is 0.222. The van der Waals surface area contributed by atoms with Gasteiger partial charge in [0.25, 0.3) is 0 Å². The molecule has 0 bridgehead atoms. The zero-order valence-electron chi connectivity index (χ0n) is 7.00. The first kappa shape index (κ1) is 8.59. The average Bonchev–Trinajstić information content (AvgIpc) is 2.03. The lowest BCUT2D eigenvalue weighted by molar-refractivity contribution is 0.112. The summed E-state index contributed by atoms with van der Waals surface area (Å²) >= 11 is 0. The molecule has 0 aliphatic rings. The first-order chi connectivity index (χ1) is 5.69. The van der Waals surface area contributed by atoms with Crippen LogP contribution in [0.5, 0.6) is 11.5 Å². The van der Waals surface area contributed by atoms with Crippen molar-refractivity contribution in [1.29, 1.82) is 0 Å². The van der Waals surface area contributed by atoms with Crippen LogP contribution in [0.2, 0.25) is 0 Å². The molecule has 0 unspecified atom stereocenters. The minimum absolute atomic E-state index is 0.0791. The highest BCUT2D eigenvalue weighted by Crippen LogP contribution is 2.26. The SMILES string of the molecule is COc1c(C)cc(O)cc1C=O. The van der Waals surface area contributed by atoms with E-state index in [1.165, 1.54) is 13.2 Å². The Labute approximate surface area is 70.6 Å². The van der Waals surface area contributed by atoms with Crippen LogP contribution in [0.4, 0.5) is 0 Å². The van der Waals surface area contributed by atoms with Crippen LogP contribution in [0.15, 0.2) is 12.1 Å². The monoisotopic (exact) mass is 166 g/mol. The number of ether oxygens (including phenoxy) is 1. The molecule has 0 heterocycles. The molecular weight excluding hydrogens is 156 g/mol. The van der Waals surface area contributed by atoms with Crippen LogP contribution in [0.3, 0.4) is 0 Å². The van der Waals surface area contributed by atoms with Crippen molar-refractivity contribution < 1.29 is 14.6 Å². The van der Waals surface area contributed by atoms with E-state index in [0.717, 1.165) is 5.56 Å². The molecule has 12 heavy (non-hydrogen) atoms. The lowest BCUT2D eigenvalue weighted by Gasteiger charge is -2.07. The van der Waals surface area contributed by atoms with E-state index < -0.39 is 0 Å². The molecule has 3 nitrogen and oxygen atoms in total. The maximum atomic E-state index is 10.5. The van der Waals surface area contributed by atoms with Gasteiger partial charge in [0.1, 0.15) is 11.5 Å². The standard InChI is InChI=1S/C9H10O3/c1-6-3-8(11)4-7(5-10)9(6)12-2/h3-5,11H,1-2H3. The number of aromatic hydroxyl groups is 1. The molecule has 0 aromatic heterocycles.